The molecular formula is C15H18Cl2N2O3. The molecule has 0 aromatic heterocycles. The number of rotatable bonds is 6. The topological polar surface area (TPSA) is 58.6 Å². The van der Waals surface area contributed by atoms with Gasteiger partial charge in [0, 0.05) is 37.1 Å². The third kappa shape index (κ3) is 5.07. The van der Waals surface area contributed by atoms with Gasteiger partial charge in [-0.2, -0.15) is 0 Å². The first kappa shape index (κ1) is 16.9. The number of hydrogen-bond acceptors (Lipinski definition) is 3. The fourth-order valence-electron chi connectivity index (χ4n) is 2.22. The Morgan fingerprint density at radius 3 is 2.68 bits per heavy atom. The summed E-state index contributed by atoms with van der Waals surface area (Å²) in [6, 6.07) is 4.79. The van der Waals surface area contributed by atoms with E-state index in [1.165, 1.54) is 0 Å². The van der Waals surface area contributed by atoms with Crippen molar-refractivity contribution in [2.75, 3.05) is 26.2 Å². The number of ether oxygens (including phenoxy) is 1. The molecule has 2 rings (SSSR count). The summed E-state index contributed by atoms with van der Waals surface area (Å²) in [5.74, 6) is 0.138. The lowest BCUT2D eigenvalue weighted by Crippen LogP contribution is -2.34. The quantitative estimate of drug-likeness (QED) is 0.862. The minimum absolute atomic E-state index is 0.0802. The van der Waals surface area contributed by atoms with Crippen molar-refractivity contribution in [2.45, 2.75) is 19.3 Å². The number of nitrogens with one attached hydrogen (secondary N) is 1. The second-order valence-corrected chi connectivity index (χ2v) is 5.89. The maximum atomic E-state index is 11.8. The van der Waals surface area contributed by atoms with Gasteiger partial charge in [0.2, 0.25) is 5.91 Å². The molecule has 1 aromatic rings. The highest BCUT2D eigenvalue weighted by atomic mass is 35.5. The highest BCUT2D eigenvalue weighted by Gasteiger charge is 2.17. The summed E-state index contributed by atoms with van der Waals surface area (Å²) < 4.78 is 5.31. The minimum Gasteiger partial charge on any atom is -0.482 e. The monoisotopic (exact) mass is 344 g/mol. The number of nitrogens with zero attached hydrogens (tertiary/aromatic N) is 1. The van der Waals surface area contributed by atoms with Crippen LogP contribution in [0.25, 0.3) is 0 Å². The van der Waals surface area contributed by atoms with E-state index in [-0.39, 0.29) is 18.4 Å². The first-order chi connectivity index (χ1) is 10.6. The van der Waals surface area contributed by atoms with Gasteiger partial charge >= 0.3 is 0 Å². The average molecular weight is 345 g/mol. The maximum Gasteiger partial charge on any atom is 0.257 e. The van der Waals surface area contributed by atoms with Crippen LogP contribution in [0.4, 0.5) is 0 Å². The SMILES string of the molecule is O=C(COc1cc(Cl)ccc1Cl)NCCC(=O)N1CCCC1. The smallest absolute Gasteiger partial charge is 0.257 e. The Bertz CT molecular complexity index is 546. The lowest BCUT2D eigenvalue weighted by Gasteiger charge is -2.15. The van der Waals surface area contributed by atoms with Crippen molar-refractivity contribution in [3.63, 3.8) is 0 Å². The molecule has 1 aliphatic heterocycles. The fourth-order valence-corrected chi connectivity index (χ4v) is 2.55. The molecule has 2 amide bonds. The van der Waals surface area contributed by atoms with Gasteiger partial charge in [-0.15, -0.1) is 0 Å². The fraction of sp³-hybridized carbons (Fsp3) is 0.467. The summed E-state index contributed by atoms with van der Waals surface area (Å²) in [4.78, 5) is 25.3. The number of carbonyl (C=O) groups is 2. The van der Waals surface area contributed by atoms with Gasteiger partial charge in [0.05, 0.1) is 5.02 Å². The van der Waals surface area contributed by atoms with Gasteiger partial charge in [-0.1, -0.05) is 23.2 Å². The van der Waals surface area contributed by atoms with Crippen LogP contribution < -0.4 is 10.1 Å². The first-order valence-electron chi connectivity index (χ1n) is 7.18. The highest BCUT2D eigenvalue weighted by Crippen LogP contribution is 2.27. The third-order valence-corrected chi connectivity index (χ3v) is 3.92. The van der Waals surface area contributed by atoms with Crippen molar-refractivity contribution in [2.24, 2.45) is 0 Å². The van der Waals surface area contributed by atoms with Crippen LogP contribution in [0.5, 0.6) is 5.75 Å². The van der Waals surface area contributed by atoms with Crippen LogP contribution in [-0.4, -0.2) is 43.0 Å². The Hall–Kier alpha value is -1.46. The highest BCUT2D eigenvalue weighted by molar-refractivity contribution is 6.34. The van der Waals surface area contributed by atoms with Gasteiger partial charge in [-0.25, -0.2) is 0 Å². The van der Waals surface area contributed by atoms with Gasteiger partial charge in [-0.3, -0.25) is 9.59 Å². The van der Waals surface area contributed by atoms with Gasteiger partial charge in [0.1, 0.15) is 5.75 Å². The predicted molar refractivity (Wildman–Crippen MR) is 85.4 cm³/mol. The molecule has 1 N–H and O–H groups in total. The van der Waals surface area contributed by atoms with Crippen molar-refractivity contribution < 1.29 is 14.3 Å². The van der Waals surface area contributed by atoms with Gasteiger partial charge < -0.3 is 15.0 Å². The standard InChI is InChI=1S/C15H18Cl2N2O3/c16-11-3-4-12(17)13(9-11)22-10-14(20)18-6-5-15(21)19-7-1-2-8-19/h3-4,9H,1-2,5-8,10H2,(H,18,20). The van der Waals surface area contributed by atoms with Crippen LogP contribution in [0, 0.1) is 0 Å². The number of benzene rings is 1. The van der Waals surface area contributed by atoms with Crippen LogP contribution in [0.3, 0.4) is 0 Å². The van der Waals surface area contributed by atoms with Gasteiger partial charge in [0.25, 0.3) is 5.91 Å². The minimum atomic E-state index is -0.301. The molecule has 0 spiro atoms. The van der Waals surface area contributed by atoms with E-state index < -0.39 is 0 Å². The van der Waals surface area contributed by atoms with Crippen molar-refractivity contribution in [3.8, 4) is 5.75 Å². The molecule has 1 saturated heterocycles. The zero-order valence-corrected chi connectivity index (χ0v) is 13.6. The molecule has 7 heteroatoms. The molecule has 0 atom stereocenters. The number of amides is 2. The van der Waals surface area contributed by atoms with E-state index in [4.69, 9.17) is 27.9 Å². The molecule has 5 nitrogen and oxygen atoms in total. The number of halogens is 2. The van der Waals surface area contributed by atoms with E-state index in [0.717, 1.165) is 25.9 Å². The number of likely N-dealkylation sites (tertiary alicyclic amines) is 1. The second-order valence-electron chi connectivity index (χ2n) is 5.05. The Morgan fingerprint density at radius 2 is 1.95 bits per heavy atom. The predicted octanol–water partition coefficient (Wildman–Crippen LogP) is 2.50. The van der Waals surface area contributed by atoms with Crippen LogP contribution in [0.1, 0.15) is 19.3 Å². The molecule has 1 heterocycles. The molecule has 1 fully saturated rings. The first-order valence-corrected chi connectivity index (χ1v) is 7.94. The molecule has 0 bridgehead atoms. The Kier molecular flexibility index (Phi) is 6.34. The van der Waals surface area contributed by atoms with E-state index in [2.05, 4.69) is 5.32 Å². The Labute approximate surface area is 139 Å². The van der Waals surface area contributed by atoms with Crippen molar-refractivity contribution >= 4 is 35.0 Å². The molecule has 0 aliphatic carbocycles. The average Bonchev–Trinajstić information content (AvgIpc) is 3.02. The summed E-state index contributed by atoms with van der Waals surface area (Å²) >= 11 is 11.8. The lowest BCUT2D eigenvalue weighted by atomic mass is 10.3. The Balaban J connectivity index is 1.67. The summed E-state index contributed by atoms with van der Waals surface area (Å²) in [6.07, 6.45) is 2.43. The third-order valence-electron chi connectivity index (χ3n) is 3.37. The molecule has 0 unspecified atom stereocenters. The Morgan fingerprint density at radius 1 is 1.23 bits per heavy atom. The number of carbonyl (C=O) groups excluding carboxylic acids is 2. The van der Waals surface area contributed by atoms with Crippen molar-refractivity contribution in [1.29, 1.82) is 0 Å². The molecule has 22 heavy (non-hydrogen) atoms. The normalized spacial score (nSPS) is 14.0. The van der Waals surface area contributed by atoms with E-state index in [1.807, 2.05) is 4.90 Å². The van der Waals surface area contributed by atoms with Crippen molar-refractivity contribution in [1.82, 2.24) is 10.2 Å². The summed E-state index contributed by atoms with van der Waals surface area (Å²) in [6.45, 7) is 1.78. The molecular weight excluding hydrogens is 327 g/mol. The largest absolute Gasteiger partial charge is 0.482 e. The van der Waals surface area contributed by atoms with Gasteiger partial charge in [0.15, 0.2) is 6.61 Å². The molecule has 0 saturated carbocycles. The van der Waals surface area contributed by atoms with Crippen molar-refractivity contribution in [3.05, 3.63) is 28.2 Å². The molecule has 1 aromatic carbocycles. The molecule has 120 valence electrons. The van der Waals surface area contributed by atoms with E-state index in [9.17, 15) is 9.59 Å². The van der Waals surface area contributed by atoms with E-state index in [1.54, 1.807) is 18.2 Å². The van der Waals surface area contributed by atoms with Crippen LogP contribution in [0.2, 0.25) is 10.0 Å². The summed E-state index contributed by atoms with van der Waals surface area (Å²) in [7, 11) is 0. The zero-order chi connectivity index (χ0) is 15.9. The molecule has 1 aliphatic rings. The van der Waals surface area contributed by atoms with Crippen LogP contribution in [-0.2, 0) is 9.59 Å². The summed E-state index contributed by atoms with van der Waals surface area (Å²) in [5, 5.41) is 3.53. The maximum absolute atomic E-state index is 11.8. The lowest BCUT2D eigenvalue weighted by molar-refractivity contribution is -0.130. The second kappa shape index (κ2) is 8.25. The zero-order valence-electron chi connectivity index (χ0n) is 12.1. The van der Waals surface area contributed by atoms with Gasteiger partial charge in [-0.05, 0) is 25.0 Å². The summed E-state index contributed by atoms with van der Waals surface area (Å²) in [5.41, 5.74) is 0. The number of hydrogen-bond donors (Lipinski definition) is 1. The van der Waals surface area contributed by atoms with E-state index >= 15 is 0 Å². The molecule has 0 radical (unpaired) electrons. The van der Waals surface area contributed by atoms with Crippen LogP contribution >= 0.6 is 23.2 Å². The van der Waals surface area contributed by atoms with E-state index in [0.29, 0.717) is 28.8 Å². The van der Waals surface area contributed by atoms with Crippen LogP contribution in [0.15, 0.2) is 18.2 Å².